The van der Waals surface area contributed by atoms with Gasteiger partial charge in [-0.05, 0) is 11.5 Å². The zero-order valence-corrected chi connectivity index (χ0v) is 7.50. The van der Waals surface area contributed by atoms with Gasteiger partial charge in [0, 0.05) is 18.2 Å². The Morgan fingerprint density at radius 3 is 3.00 bits per heavy atom. The van der Waals surface area contributed by atoms with Crippen LogP contribution in [0.15, 0.2) is 12.4 Å². The fourth-order valence-electron chi connectivity index (χ4n) is 1.64. The lowest BCUT2D eigenvalue weighted by Gasteiger charge is -2.08. The Bertz CT molecular complexity index is 294. The van der Waals surface area contributed by atoms with Crippen LogP contribution < -0.4 is 4.74 Å². The molecule has 2 heterocycles. The minimum atomic E-state index is 0.550. The van der Waals surface area contributed by atoms with E-state index < -0.39 is 0 Å². The van der Waals surface area contributed by atoms with Gasteiger partial charge >= 0.3 is 0 Å². The smallest absolute Gasteiger partial charge is 0.141 e. The molecule has 0 bridgehead atoms. The van der Waals surface area contributed by atoms with Crippen molar-refractivity contribution in [3.05, 3.63) is 23.5 Å². The van der Waals surface area contributed by atoms with Crippen LogP contribution in [-0.4, -0.2) is 11.6 Å². The topological polar surface area (TPSA) is 22.1 Å². The zero-order chi connectivity index (χ0) is 8.55. The lowest BCUT2D eigenvalue weighted by molar-refractivity contribution is 0.355. The number of ether oxygens (including phenoxy) is 1. The highest BCUT2D eigenvalue weighted by atomic mass is 16.5. The fraction of sp³-hybridized carbons (Fsp3) is 0.500. The van der Waals surface area contributed by atoms with Crippen LogP contribution in [-0.2, 0) is 6.42 Å². The van der Waals surface area contributed by atoms with E-state index in [1.54, 1.807) is 0 Å². The summed E-state index contributed by atoms with van der Waals surface area (Å²) in [6.07, 6.45) is 4.82. The van der Waals surface area contributed by atoms with Gasteiger partial charge in [0.1, 0.15) is 5.75 Å². The molecule has 0 N–H and O–H groups in total. The molecule has 0 atom stereocenters. The fourth-order valence-corrected chi connectivity index (χ4v) is 1.64. The van der Waals surface area contributed by atoms with E-state index in [9.17, 15) is 0 Å². The van der Waals surface area contributed by atoms with E-state index in [0.717, 1.165) is 18.8 Å². The van der Waals surface area contributed by atoms with E-state index in [1.165, 1.54) is 11.1 Å². The van der Waals surface area contributed by atoms with E-state index in [0.29, 0.717) is 5.92 Å². The van der Waals surface area contributed by atoms with Crippen LogP contribution in [0, 0.1) is 0 Å². The number of nitrogens with zero attached hydrogens (tertiary/aromatic N) is 1. The van der Waals surface area contributed by atoms with Crippen molar-refractivity contribution in [3.8, 4) is 5.75 Å². The second-order valence-electron chi connectivity index (χ2n) is 3.46. The van der Waals surface area contributed by atoms with Crippen LogP contribution in [0.5, 0.6) is 5.75 Å². The predicted molar refractivity (Wildman–Crippen MR) is 47.5 cm³/mol. The highest BCUT2D eigenvalue weighted by Gasteiger charge is 2.17. The maximum Gasteiger partial charge on any atom is 0.141 e. The van der Waals surface area contributed by atoms with Crippen LogP contribution in [0.25, 0.3) is 0 Å². The monoisotopic (exact) mass is 163 g/mol. The number of fused-ring (bicyclic) bond motifs is 1. The highest BCUT2D eigenvalue weighted by molar-refractivity contribution is 5.41. The number of pyridine rings is 1. The van der Waals surface area contributed by atoms with Gasteiger partial charge in [-0.2, -0.15) is 0 Å². The van der Waals surface area contributed by atoms with Crippen LogP contribution >= 0.6 is 0 Å². The molecular formula is C10H13NO. The average molecular weight is 163 g/mol. The molecule has 1 aromatic rings. The average Bonchev–Trinajstić information content (AvgIpc) is 2.49. The lowest BCUT2D eigenvalue weighted by atomic mass is 9.98. The molecule has 2 rings (SSSR count). The molecule has 0 amide bonds. The first-order valence-electron chi connectivity index (χ1n) is 4.38. The molecule has 64 valence electrons. The molecule has 12 heavy (non-hydrogen) atoms. The van der Waals surface area contributed by atoms with Gasteiger partial charge in [-0.25, -0.2) is 0 Å². The van der Waals surface area contributed by atoms with Crippen molar-refractivity contribution < 1.29 is 4.74 Å². The first-order chi connectivity index (χ1) is 5.79. The van der Waals surface area contributed by atoms with Crippen LogP contribution in [0.3, 0.4) is 0 Å². The summed E-state index contributed by atoms with van der Waals surface area (Å²) < 4.78 is 5.43. The van der Waals surface area contributed by atoms with E-state index in [4.69, 9.17) is 4.74 Å². The second-order valence-corrected chi connectivity index (χ2v) is 3.46. The molecule has 0 aromatic carbocycles. The molecule has 1 aliphatic rings. The first-order valence-corrected chi connectivity index (χ1v) is 4.38. The highest BCUT2D eigenvalue weighted by Crippen LogP contribution is 2.30. The third kappa shape index (κ3) is 1.07. The molecule has 2 nitrogen and oxygen atoms in total. The molecule has 1 aromatic heterocycles. The summed E-state index contributed by atoms with van der Waals surface area (Å²) in [7, 11) is 0. The van der Waals surface area contributed by atoms with Crippen molar-refractivity contribution in [2.24, 2.45) is 0 Å². The Labute approximate surface area is 72.6 Å². The van der Waals surface area contributed by atoms with Gasteiger partial charge in [-0.1, -0.05) is 13.8 Å². The Hall–Kier alpha value is -1.05. The third-order valence-electron chi connectivity index (χ3n) is 2.28. The minimum Gasteiger partial charge on any atom is -0.491 e. The summed E-state index contributed by atoms with van der Waals surface area (Å²) in [4.78, 5) is 4.15. The van der Waals surface area contributed by atoms with Crippen LogP contribution in [0.4, 0.5) is 0 Å². The molecule has 0 aliphatic carbocycles. The summed E-state index contributed by atoms with van der Waals surface area (Å²) in [5.74, 6) is 1.54. The van der Waals surface area contributed by atoms with Crippen LogP contribution in [0.2, 0.25) is 0 Å². The SMILES string of the molecule is CC(C)c1cncc2c1CCO2. The Kier molecular flexibility index (Phi) is 1.75. The third-order valence-corrected chi connectivity index (χ3v) is 2.28. The number of aromatic nitrogens is 1. The minimum absolute atomic E-state index is 0.550. The molecule has 0 fully saturated rings. The molecule has 0 radical (unpaired) electrons. The van der Waals surface area contributed by atoms with Gasteiger partial charge in [0.2, 0.25) is 0 Å². The van der Waals surface area contributed by atoms with Gasteiger partial charge in [0.15, 0.2) is 0 Å². The van der Waals surface area contributed by atoms with Gasteiger partial charge < -0.3 is 4.74 Å². The molecule has 0 spiro atoms. The Morgan fingerprint density at radius 2 is 2.25 bits per heavy atom. The summed E-state index contributed by atoms with van der Waals surface area (Å²) in [5, 5.41) is 0. The van der Waals surface area contributed by atoms with Crippen molar-refractivity contribution in [2.75, 3.05) is 6.61 Å². The molecular weight excluding hydrogens is 150 g/mol. The molecule has 0 unspecified atom stereocenters. The molecule has 2 heteroatoms. The van der Waals surface area contributed by atoms with E-state index in [-0.39, 0.29) is 0 Å². The normalized spacial score (nSPS) is 14.6. The number of hydrogen-bond donors (Lipinski definition) is 0. The van der Waals surface area contributed by atoms with Crippen LogP contribution in [0.1, 0.15) is 30.9 Å². The van der Waals surface area contributed by atoms with Gasteiger partial charge in [0.05, 0.1) is 12.8 Å². The van der Waals surface area contributed by atoms with Crippen molar-refractivity contribution >= 4 is 0 Å². The zero-order valence-electron chi connectivity index (χ0n) is 7.50. The summed E-state index contributed by atoms with van der Waals surface area (Å²) in [6.45, 7) is 5.20. The maximum absolute atomic E-state index is 5.43. The Morgan fingerprint density at radius 1 is 1.42 bits per heavy atom. The second kappa shape index (κ2) is 2.77. The molecule has 0 saturated carbocycles. The van der Waals surface area contributed by atoms with Crippen molar-refractivity contribution in [3.63, 3.8) is 0 Å². The van der Waals surface area contributed by atoms with Gasteiger partial charge in [0.25, 0.3) is 0 Å². The predicted octanol–water partition coefficient (Wildman–Crippen LogP) is 2.14. The van der Waals surface area contributed by atoms with E-state index in [1.807, 2.05) is 12.4 Å². The number of rotatable bonds is 1. The van der Waals surface area contributed by atoms with Crippen molar-refractivity contribution in [1.82, 2.24) is 4.98 Å². The first kappa shape index (κ1) is 7.59. The summed E-state index contributed by atoms with van der Waals surface area (Å²) in [5.41, 5.74) is 2.70. The maximum atomic E-state index is 5.43. The molecule has 0 saturated heterocycles. The lowest BCUT2D eigenvalue weighted by Crippen LogP contribution is -1.94. The molecule has 1 aliphatic heterocycles. The van der Waals surface area contributed by atoms with Gasteiger partial charge in [-0.3, -0.25) is 4.98 Å². The standard InChI is InChI=1S/C10H13NO/c1-7(2)9-5-11-6-10-8(9)3-4-12-10/h5-7H,3-4H2,1-2H3. The van der Waals surface area contributed by atoms with Crippen molar-refractivity contribution in [1.29, 1.82) is 0 Å². The largest absolute Gasteiger partial charge is 0.491 e. The van der Waals surface area contributed by atoms with Crippen molar-refractivity contribution in [2.45, 2.75) is 26.2 Å². The Balaban J connectivity index is 2.49. The van der Waals surface area contributed by atoms with E-state index >= 15 is 0 Å². The quantitative estimate of drug-likeness (QED) is 0.632. The summed E-state index contributed by atoms with van der Waals surface area (Å²) >= 11 is 0. The summed E-state index contributed by atoms with van der Waals surface area (Å²) in [6, 6.07) is 0. The van der Waals surface area contributed by atoms with Gasteiger partial charge in [-0.15, -0.1) is 0 Å². The van der Waals surface area contributed by atoms with E-state index in [2.05, 4.69) is 18.8 Å². The number of hydrogen-bond acceptors (Lipinski definition) is 2.